The van der Waals surface area contributed by atoms with Gasteiger partial charge in [0, 0.05) is 19.6 Å². The van der Waals surface area contributed by atoms with E-state index in [2.05, 4.69) is 10.6 Å². The van der Waals surface area contributed by atoms with Gasteiger partial charge in [0.2, 0.25) is 5.91 Å². The molecule has 0 saturated heterocycles. The van der Waals surface area contributed by atoms with Gasteiger partial charge in [-0.15, -0.1) is 0 Å². The summed E-state index contributed by atoms with van der Waals surface area (Å²) in [5, 5.41) is 13.8. The number of benzene rings is 2. The topological polar surface area (TPSA) is 114 Å². The Hall–Kier alpha value is -3.39. The van der Waals surface area contributed by atoms with Gasteiger partial charge in [-0.2, -0.15) is 0 Å². The van der Waals surface area contributed by atoms with Crippen molar-refractivity contribution in [3.63, 3.8) is 0 Å². The van der Waals surface area contributed by atoms with Gasteiger partial charge < -0.3 is 25.2 Å². The fourth-order valence-electron chi connectivity index (χ4n) is 3.78. The summed E-state index contributed by atoms with van der Waals surface area (Å²) >= 11 is 0. The molecule has 0 fully saturated rings. The molecule has 0 radical (unpaired) electrons. The van der Waals surface area contributed by atoms with E-state index < -0.39 is 23.5 Å². The number of carbonyl (C=O) groups excluding carboxylic acids is 2. The first kappa shape index (κ1) is 22.3. The molecule has 1 atom stereocenters. The lowest BCUT2D eigenvalue weighted by atomic mass is 9.98. The van der Waals surface area contributed by atoms with Crippen molar-refractivity contribution in [1.29, 1.82) is 0 Å². The number of nitrogens with one attached hydrogen (secondary N) is 2. The normalized spacial score (nSPS) is 14.1. The zero-order valence-corrected chi connectivity index (χ0v) is 17.5. The molecule has 1 aliphatic rings. The summed E-state index contributed by atoms with van der Waals surface area (Å²) in [6.45, 7) is 1.45. The molecule has 1 unspecified atom stereocenters. The van der Waals surface area contributed by atoms with E-state index in [1.807, 2.05) is 48.5 Å². The van der Waals surface area contributed by atoms with E-state index in [9.17, 15) is 14.4 Å². The van der Waals surface area contributed by atoms with Crippen molar-refractivity contribution in [1.82, 2.24) is 10.6 Å². The molecule has 2 aromatic rings. The minimum absolute atomic E-state index is 0.0557. The number of ether oxygens (including phenoxy) is 2. The van der Waals surface area contributed by atoms with E-state index in [1.54, 1.807) is 0 Å². The van der Waals surface area contributed by atoms with Crippen LogP contribution in [-0.2, 0) is 19.1 Å². The smallest absolute Gasteiger partial charge is 0.408 e. The van der Waals surface area contributed by atoms with Gasteiger partial charge in [-0.05, 0) is 29.2 Å². The van der Waals surface area contributed by atoms with Gasteiger partial charge in [0.25, 0.3) is 0 Å². The molecule has 0 bridgehead atoms. The van der Waals surface area contributed by atoms with E-state index in [0.29, 0.717) is 0 Å². The molecule has 0 heterocycles. The van der Waals surface area contributed by atoms with E-state index in [0.717, 1.165) is 22.3 Å². The zero-order valence-electron chi connectivity index (χ0n) is 17.5. The molecule has 0 aliphatic heterocycles. The van der Waals surface area contributed by atoms with Gasteiger partial charge in [-0.25, -0.2) is 4.79 Å². The van der Waals surface area contributed by atoms with E-state index in [-0.39, 0.29) is 32.1 Å². The van der Waals surface area contributed by atoms with Crippen molar-refractivity contribution in [3.8, 4) is 11.1 Å². The van der Waals surface area contributed by atoms with Crippen LogP contribution in [-0.4, -0.2) is 55.5 Å². The minimum atomic E-state index is -1.41. The molecule has 8 heteroatoms. The first-order valence-electron chi connectivity index (χ1n) is 9.98. The Kier molecular flexibility index (Phi) is 6.91. The quantitative estimate of drug-likeness (QED) is 0.568. The third-order valence-corrected chi connectivity index (χ3v) is 5.28. The standard InChI is InChI=1S/C23H26N2O6/c1-23(14-30-2,21(28)24-12-11-20(26)27)25-22(29)31-13-19-17-9-5-3-7-15(17)16-8-4-6-10-18(16)19/h3-10,19H,11-14H2,1-2H3,(H,24,28)(H,25,29)(H,26,27). The summed E-state index contributed by atoms with van der Waals surface area (Å²) in [5.41, 5.74) is 3.00. The third kappa shape index (κ3) is 5.03. The van der Waals surface area contributed by atoms with Crippen LogP contribution in [0.2, 0.25) is 0 Å². The predicted octanol–water partition coefficient (Wildman–Crippen LogP) is 2.52. The average molecular weight is 426 g/mol. The number of alkyl carbamates (subject to hydrolysis) is 1. The predicted molar refractivity (Wildman–Crippen MR) is 114 cm³/mol. The van der Waals surface area contributed by atoms with Crippen LogP contribution in [0.15, 0.2) is 48.5 Å². The van der Waals surface area contributed by atoms with Crippen LogP contribution in [0, 0.1) is 0 Å². The highest BCUT2D eigenvalue weighted by molar-refractivity contribution is 5.90. The highest BCUT2D eigenvalue weighted by Gasteiger charge is 2.36. The summed E-state index contributed by atoms with van der Waals surface area (Å²) in [5.74, 6) is -1.68. The summed E-state index contributed by atoms with van der Waals surface area (Å²) in [7, 11) is 1.40. The van der Waals surface area contributed by atoms with E-state index >= 15 is 0 Å². The lowest BCUT2D eigenvalue weighted by Crippen LogP contribution is -2.59. The van der Waals surface area contributed by atoms with Gasteiger partial charge >= 0.3 is 12.1 Å². The number of carboxylic acid groups (broad SMARTS) is 1. The summed E-state index contributed by atoms with van der Waals surface area (Å²) in [6.07, 6.45) is -0.977. The SMILES string of the molecule is COCC(C)(NC(=O)OCC1c2ccccc2-c2ccccc21)C(=O)NCCC(=O)O. The van der Waals surface area contributed by atoms with Crippen LogP contribution in [0.4, 0.5) is 4.79 Å². The molecule has 0 spiro atoms. The number of aliphatic carboxylic acids is 1. The second kappa shape index (κ2) is 9.61. The number of methoxy groups -OCH3 is 1. The largest absolute Gasteiger partial charge is 0.481 e. The first-order valence-corrected chi connectivity index (χ1v) is 9.98. The number of carbonyl (C=O) groups is 3. The Labute approximate surface area is 180 Å². The maximum absolute atomic E-state index is 12.5. The maximum Gasteiger partial charge on any atom is 0.408 e. The van der Waals surface area contributed by atoms with Gasteiger partial charge in [0.05, 0.1) is 13.0 Å². The van der Waals surface area contributed by atoms with Crippen LogP contribution in [0.25, 0.3) is 11.1 Å². The molecule has 2 aromatic carbocycles. The van der Waals surface area contributed by atoms with Crippen LogP contribution in [0.1, 0.15) is 30.4 Å². The van der Waals surface area contributed by atoms with E-state index in [1.165, 1.54) is 14.0 Å². The fourth-order valence-corrected chi connectivity index (χ4v) is 3.78. The van der Waals surface area contributed by atoms with Crippen molar-refractivity contribution in [2.45, 2.75) is 24.8 Å². The third-order valence-electron chi connectivity index (χ3n) is 5.28. The molecule has 164 valence electrons. The van der Waals surface area contributed by atoms with Crippen LogP contribution >= 0.6 is 0 Å². The van der Waals surface area contributed by atoms with Crippen molar-refractivity contribution in [2.75, 3.05) is 26.9 Å². The highest BCUT2D eigenvalue weighted by atomic mass is 16.5. The Morgan fingerprint density at radius 3 is 2.16 bits per heavy atom. The number of hydrogen-bond donors (Lipinski definition) is 3. The molecule has 1 aliphatic carbocycles. The monoisotopic (exact) mass is 426 g/mol. The molecule has 3 rings (SSSR count). The first-order chi connectivity index (χ1) is 14.9. The molecular weight excluding hydrogens is 400 g/mol. The molecule has 0 aromatic heterocycles. The molecule has 0 saturated carbocycles. The Balaban J connectivity index is 1.66. The van der Waals surface area contributed by atoms with Crippen LogP contribution < -0.4 is 10.6 Å². The fraction of sp³-hybridized carbons (Fsp3) is 0.348. The van der Waals surface area contributed by atoms with Crippen LogP contribution in [0.5, 0.6) is 0 Å². The average Bonchev–Trinajstić information content (AvgIpc) is 3.06. The second-order valence-electron chi connectivity index (χ2n) is 7.62. The Morgan fingerprint density at radius 1 is 1.03 bits per heavy atom. The molecule has 2 amide bonds. The van der Waals surface area contributed by atoms with Crippen molar-refractivity contribution < 1.29 is 29.0 Å². The van der Waals surface area contributed by atoms with Gasteiger partial charge in [0.15, 0.2) is 0 Å². The summed E-state index contributed by atoms with van der Waals surface area (Å²) in [6, 6.07) is 16.0. The highest BCUT2D eigenvalue weighted by Crippen LogP contribution is 2.44. The summed E-state index contributed by atoms with van der Waals surface area (Å²) < 4.78 is 10.6. The number of fused-ring (bicyclic) bond motifs is 3. The number of amides is 2. The van der Waals surface area contributed by atoms with Crippen molar-refractivity contribution in [2.24, 2.45) is 0 Å². The second-order valence-corrected chi connectivity index (χ2v) is 7.62. The Morgan fingerprint density at radius 2 is 1.61 bits per heavy atom. The lowest BCUT2D eigenvalue weighted by Gasteiger charge is -2.28. The lowest BCUT2D eigenvalue weighted by molar-refractivity contribution is -0.137. The maximum atomic E-state index is 12.5. The number of rotatable bonds is 9. The van der Waals surface area contributed by atoms with Crippen LogP contribution in [0.3, 0.4) is 0 Å². The molecule has 3 N–H and O–H groups in total. The number of hydrogen-bond acceptors (Lipinski definition) is 5. The Bertz CT molecular complexity index is 931. The number of carboxylic acids is 1. The molecule has 31 heavy (non-hydrogen) atoms. The molecular formula is C23H26N2O6. The van der Waals surface area contributed by atoms with Gasteiger partial charge in [-0.1, -0.05) is 48.5 Å². The van der Waals surface area contributed by atoms with Crippen molar-refractivity contribution in [3.05, 3.63) is 59.7 Å². The van der Waals surface area contributed by atoms with Gasteiger partial charge in [0.1, 0.15) is 12.1 Å². The van der Waals surface area contributed by atoms with Crippen molar-refractivity contribution >= 4 is 18.0 Å². The summed E-state index contributed by atoms with van der Waals surface area (Å²) in [4.78, 5) is 35.7. The zero-order chi connectivity index (χ0) is 22.4. The van der Waals surface area contributed by atoms with Gasteiger partial charge in [-0.3, -0.25) is 9.59 Å². The van der Waals surface area contributed by atoms with E-state index in [4.69, 9.17) is 14.6 Å². The molecule has 8 nitrogen and oxygen atoms in total. The minimum Gasteiger partial charge on any atom is -0.481 e.